The lowest BCUT2D eigenvalue weighted by atomic mass is 9.93. The van der Waals surface area contributed by atoms with Crippen molar-refractivity contribution in [1.82, 2.24) is 5.48 Å². The van der Waals surface area contributed by atoms with E-state index in [4.69, 9.17) is 0 Å². The van der Waals surface area contributed by atoms with Gasteiger partial charge in [-0.3, -0.25) is 0 Å². The van der Waals surface area contributed by atoms with Gasteiger partial charge in [-0.05, 0) is 31.9 Å². The molecule has 0 aromatic heterocycles. The lowest BCUT2D eigenvalue weighted by Gasteiger charge is -2.28. The van der Waals surface area contributed by atoms with Crippen LogP contribution in [0.2, 0.25) is 0 Å². The van der Waals surface area contributed by atoms with Gasteiger partial charge in [0.15, 0.2) is 0 Å². The molecule has 1 N–H and O–H groups in total. The summed E-state index contributed by atoms with van der Waals surface area (Å²) in [6.07, 6.45) is 0.254. The standard InChI is InChI=1S/C13H17F2NO3S/c1-10-4-6-12(7-5-10)20(17,18)19-16-11-3-2-8-13(14,15)9-11/h4-7,11,16H,2-3,8-9H2,1H3/t11-/m0/s1. The van der Waals surface area contributed by atoms with Gasteiger partial charge in [0.1, 0.15) is 0 Å². The van der Waals surface area contributed by atoms with Gasteiger partial charge in [-0.1, -0.05) is 17.7 Å². The molecule has 20 heavy (non-hydrogen) atoms. The summed E-state index contributed by atoms with van der Waals surface area (Å²) in [5, 5.41) is 0. The van der Waals surface area contributed by atoms with Gasteiger partial charge >= 0.3 is 10.1 Å². The second-order valence-electron chi connectivity index (χ2n) is 5.12. The van der Waals surface area contributed by atoms with Crippen LogP contribution in [0.4, 0.5) is 8.78 Å². The minimum Gasteiger partial charge on any atom is -0.207 e. The van der Waals surface area contributed by atoms with Crippen molar-refractivity contribution in [2.75, 3.05) is 0 Å². The first-order valence-electron chi connectivity index (χ1n) is 6.42. The second-order valence-corrected chi connectivity index (χ2v) is 6.66. The lowest BCUT2D eigenvalue weighted by molar-refractivity contribution is -0.0568. The number of halogens is 2. The van der Waals surface area contributed by atoms with Crippen molar-refractivity contribution < 1.29 is 21.5 Å². The summed E-state index contributed by atoms with van der Waals surface area (Å²) < 4.78 is 54.8. The Hall–Kier alpha value is -1.05. The molecule has 1 aromatic carbocycles. The van der Waals surface area contributed by atoms with E-state index in [0.29, 0.717) is 12.8 Å². The van der Waals surface area contributed by atoms with Gasteiger partial charge in [0.25, 0.3) is 0 Å². The van der Waals surface area contributed by atoms with Crippen LogP contribution in [-0.2, 0) is 14.4 Å². The first kappa shape index (κ1) is 15.3. The molecule has 1 aromatic rings. The summed E-state index contributed by atoms with van der Waals surface area (Å²) in [6, 6.07) is 5.47. The van der Waals surface area contributed by atoms with Crippen LogP contribution in [0, 0.1) is 6.92 Å². The molecule has 4 nitrogen and oxygen atoms in total. The third-order valence-corrected chi connectivity index (χ3v) is 4.44. The van der Waals surface area contributed by atoms with Crippen LogP contribution in [0.25, 0.3) is 0 Å². The Labute approximate surface area is 117 Å². The fourth-order valence-corrected chi connectivity index (χ4v) is 2.99. The van der Waals surface area contributed by atoms with E-state index in [1.165, 1.54) is 12.1 Å². The zero-order valence-electron chi connectivity index (χ0n) is 11.1. The van der Waals surface area contributed by atoms with Crippen molar-refractivity contribution in [3.8, 4) is 0 Å². The molecule has 0 radical (unpaired) electrons. The maximum Gasteiger partial charge on any atom is 0.312 e. The molecule has 1 aliphatic carbocycles. The van der Waals surface area contributed by atoms with Gasteiger partial charge in [0.2, 0.25) is 5.92 Å². The van der Waals surface area contributed by atoms with Crippen LogP contribution in [-0.4, -0.2) is 20.4 Å². The van der Waals surface area contributed by atoms with Gasteiger partial charge in [-0.15, -0.1) is 0 Å². The fourth-order valence-electron chi connectivity index (χ4n) is 2.16. The van der Waals surface area contributed by atoms with Gasteiger partial charge in [-0.2, -0.15) is 18.2 Å². The van der Waals surface area contributed by atoms with Crippen molar-refractivity contribution in [2.45, 2.75) is 49.5 Å². The Bertz CT molecular complexity index is 557. The van der Waals surface area contributed by atoms with Crippen LogP contribution in [0.15, 0.2) is 29.2 Å². The number of hydrogen-bond donors (Lipinski definition) is 1. The summed E-state index contributed by atoms with van der Waals surface area (Å²) in [6.45, 7) is 1.83. The van der Waals surface area contributed by atoms with E-state index in [2.05, 4.69) is 9.76 Å². The summed E-state index contributed by atoms with van der Waals surface area (Å²) in [5.74, 6) is -2.76. The minimum atomic E-state index is -3.97. The molecule has 0 spiro atoms. The zero-order chi connectivity index (χ0) is 14.8. The molecule has 0 aliphatic heterocycles. The SMILES string of the molecule is Cc1ccc(S(=O)(=O)ON[C@H]2CCCC(F)(F)C2)cc1. The average Bonchev–Trinajstić information content (AvgIpc) is 2.36. The van der Waals surface area contributed by atoms with Crippen LogP contribution in [0.5, 0.6) is 0 Å². The zero-order valence-corrected chi connectivity index (χ0v) is 11.9. The highest BCUT2D eigenvalue weighted by molar-refractivity contribution is 7.86. The second kappa shape index (κ2) is 5.75. The predicted octanol–water partition coefficient (Wildman–Crippen LogP) is 2.78. The maximum absolute atomic E-state index is 13.2. The molecule has 0 amide bonds. The molecule has 1 fully saturated rings. The predicted molar refractivity (Wildman–Crippen MR) is 69.8 cm³/mol. The van der Waals surface area contributed by atoms with Gasteiger partial charge < -0.3 is 0 Å². The normalized spacial score (nSPS) is 22.6. The van der Waals surface area contributed by atoms with E-state index in [1.807, 2.05) is 6.92 Å². The monoisotopic (exact) mass is 305 g/mol. The molecule has 7 heteroatoms. The summed E-state index contributed by atoms with van der Waals surface area (Å²) in [4.78, 5) is -0.00169. The number of hydrogen-bond acceptors (Lipinski definition) is 4. The minimum absolute atomic E-state index is 0.00169. The van der Waals surface area contributed by atoms with Gasteiger partial charge in [0, 0.05) is 18.9 Å². The highest BCUT2D eigenvalue weighted by Gasteiger charge is 2.36. The Kier molecular flexibility index (Phi) is 4.41. The Balaban J connectivity index is 1.97. The molecule has 112 valence electrons. The van der Waals surface area contributed by atoms with Crippen LogP contribution < -0.4 is 5.48 Å². The molecule has 1 atom stereocenters. The summed E-state index contributed by atoms with van der Waals surface area (Å²) in [5.41, 5.74) is 3.18. The molecule has 1 aliphatic rings. The molecule has 0 heterocycles. The van der Waals surface area contributed by atoms with E-state index >= 15 is 0 Å². The van der Waals surface area contributed by atoms with Gasteiger partial charge in [0.05, 0.1) is 4.90 Å². The molecule has 0 unspecified atom stereocenters. The van der Waals surface area contributed by atoms with E-state index in [-0.39, 0.29) is 11.3 Å². The molecule has 1 saturated carbocycles. The lowest BCUT2D eigenvalue weighted by Crippen LogP contribution is -2.40. The third-order valence-electron chi connectivity index (χ3n) is 3.27. The molecule has 0 saturated heterocycles. The number of hydroxylamine groups is 1. The molecular weight excluding hydrogens is 288 g/mol. The van der Waals surface area contributed by atoms with Crippen molar-refractivity contribution in [3.63, 3.8) is 0 Å². The van der Waals surface area contributed by atoms with E-state index < -0.39 is 28.5 Å². The number of alkyl halides is 2. The van der Waals surface area contributed by atoms with Gasteiger partial charge in [-0.25, -0.2) is 8.78 Å². The Morgan fingerprint density at radius 3 is 2.55 bits per heavy atom. The highest BCUT2D eigenvalue weighted by atomic mass is 32.2. The van der Waals surface area contributed by atoms with Crippen molar-refractivity contribution >= 4 is 10.1 Å². The highest BCUT2D eigenvalue weighted by Crippen LogP contribution is 2.33. The van der Waals surface area contributed by atoms with Crippen molar-refractivity contribution in [3.05, 3.63) is 29.8 Å². The number of rotatable bonds is 4. The molecule has 0 bridgehead atoms. The van der Waals surface area contributed by atoms with E-state index in [0.717, 1.165) is 5.56 Å². The van der Waals surface area contributed by atoms with Crippen LogP contribution in [0.3, 0.4) is 0 Å². The quantitative estimate of drug-likeness (QED) is 0.869. The van der Waals surface area contributed by atoms with Crippen molar-refractivity contribution in [2.24, 2.45) is 0 Å². The summed E-state index contributed by atoms with van der Waals surface area (Å²) >= 11 is 0. The largest absolute Gasteiger partial charge is 0.312 e. The summed E-state index contributed by atoms with van der Waals surface area (Å²) in [7, 11) is -3.97. The molecule has 2 rings (SSSR count). The first-order chi connectivity index (χ1) is 9.28. The van der Waals surface area contributed by atoms with E-state index in [1.54, 1.807) is 12.1 Å². The van der Waals surface area contributed by atoms with Crippen LogP contribution >= 0.6 is 0 Å². The Morgan fingerprint density at radius 1 is 1.30 bits per heavy atom. The average molecular weight is 305 g/mol. The Morgan fingerprint density at radius 2 is 1.95 bits per heavy atom. The number of benzene rings is 1. The molecular formula is C13H17F2NO3S. The number of nitrogens with one attached hydrogen (secondary N) is 1. The number of aryl methyl sites for hydroxylation is 1. The first-order valence-corrected chi connectivity index (χ1v) is 7.83. The smallest absolute Gasteiger partial charge is 0.207 e. The van der Waals surface area contributed by atoms with E-state index in [9.17, 15) is 17.2 Å². The van der Waals surface area contributed by atoms with Crippen molar-refractivity contribution in [1.29, 1.82) is 0 Å². The van der Waals surface area contributed by atoms with Crippen LogP contribution in [0.1, 0.15) is 31.2 Å². The maximum atomic E-state index is 13.2. The third kappa shape index (κ3) is 3.97. The fraction of sp³-hybridized carbons (Fsp3) is 0.538. The topological polar surface area (TPSA) is 55.4 Å².